The molecule has 2 aromatic heterocycles. The third-order valence-corrected chi connectivity index (χ3v) is 6.51. The lowest BCUT2D eigenvalue weighted by atomic mass is 10.0. The van der Waals surface area contributed by atoms with E-state index in [0.717, 1.165) is 16.5 Å². The summed E-state index contributed by atoms with van der Waals surface area (Å²) in [7, 11) is 0. The average Bonchev–Trinajstić information content (AvgIpc) is 3.58. The van der Waals surface area contributed by atoms with Gasteiger partial charge in [-0.25, -0.2) is 9.78 Å². The Labute approximate surface area is 233 Å². The van der Waals surface area contributed by atoms with Crippen molar-refractivity contribution < 1.29 is 34.2 Å². The molecule has 0 saturated carbocycles. The number of para-hydroxylation sites is 1. The van der Waals surface area contributed by atoms with E-state index in [1.807, 2.05) is 24.3 Å². The van der Waals surface area contributed by atoms with Crippen molar-refractivity contribution in [1.82, 2.24) is 30.9 Å². The maximum atomic E-state index is 13.0. The first kappa shape index (κ1) is 30.2. The summed E-state index contributed by atoms with van der Waals surface area (Å²) in [5, 5.41) is 26.7. The van der Waals surface area contributed by atoms with E-state index in [9.17, 15) is 29.1 Å². The molecule has 0 aliphatic carbocycles. The largest absolute Gasteiger partial charge is 0.481 e. The van der Waals surface area contributed by atoms with Gasteiger partial charge in [0.1, 0.15) is 18.1 Å². The number of H-pyrrole nitrogens is 2. The number of fused-ring (bicyclic) bond motifs is 1. The zero-order chi connectivity index (χ0) is 29.2. The second kappa shape index (κ2) is 14.1. The molecule has 4 unspecified atom stereocenters. The summed E-state index contributed by atoms with van der Waals surface area (Å²) < 4.78 is 0. The lowest BCUT2D eigenvalue weighted by Crippen LogP contribution is -2.58. The maximum absolute atomic E-state index is 13.0. The molecule has 14 nitrogen and oxygen atoms in total. The Balaban J connectivity index is 1.65. The second-order valence-electron chi connectivity index (χ2n) is 9.09. The first-order valence-electron chi connectivity index (χ1n) is 12.3. The number of rotatable bonds is 15. The predicted octanol–water partition coefficient (Wildman–Crippen LogP) is -0.663. The summed E-state index contributed by atoms with van der Waals surface area (Å²) >= 11 is 4.08. The van der Waals surface area contributed by atoms with Gasteiger partial charge in [-0.2, -0.15) is 12.6 Å². The van der Waals surface area contributed by atoms with Crippen molar-refractivity contribution in [2.24, 2.45) is 5.73 Å². The number of nitrogens with zero attached hydrogens (tertiary/aromatic N) is 1. The molecule has 40 heavy (non-hydrogen) atoms. The first-order chi connectivity index (χ1) is 19.1. The van der Waals surface area contributed by atoms with E-state index in [1.54, 1.807) is 6.20 Å². The van der Waals surface area contributed by atoms with Gasteiger partial charge >= 0.3 is 11.9 Å². The number of aromatic amines is 2. The number of carbonyl (C=O) groups is 5. The van der Waals surface area contributed by atoms with Gasteiger partial charge in [0.15, 0.2) is 0 Å². The molecule has 9 N–H and O–H groups in total. The number of hydrogen-bond acceptors (Lipinski definition) is 8. The van der Waals surface area contributed by atoms with Crippen LogP contribution in [0, 0.1) is 0 Å². The van der Waals surface area contributed by atoms with Gasteiger partial charge in [0, 0.05) is 47.6 Å². The molecular weight excluding hydrogens is 542 g/mol. The van der Waals surface area contributed by atoms with E-state index in [-0.39, 0.29) is 25.0 Å². The van der Waals surface area contributed by atoms with Crippen LogP contribution in [-0.4, -0.2) is 84.7 Å². The van der Waals surface area contributed by atoms with E-state index in [4.69, 9.17) is 10.8 Å². The molecule has 1 aromatic carbocycles. The highest BCUT2D eigenvalue weighted by atomic mass is 32.1. The molecule has 0 aliphatic rings. The van der Waals surface area contributed by atoms with Crippen LogP contribution in [0.5, 0.6) is 0 Å². The van der Waals surface area contributed by atoms with Crippen molar-refractivity contribution in [1.29, 1.82) is 0 Å². The summed E-state index contributed by atoms with van der Waals surface area (Å²) in [6.45, 7) is 0. The van der Waals surface area contributed by atoms with Crippen LogP contribution >= 0.6 is 12.6 Å². The van der Waals surface area contributed by atoms with Gasteiger partial charge in [-0.1, -0.05) is 18.2 Å². The molecule has 0 aliphatic heterocycles. The highest BCUT2D eigenvalue weighted by Crippen LogP contribution is 2.19. The normalized spacial score (nSPS) is 14.1. The fourth-order valence-electron chi connectivity index (χ4n) is 4.00. The minimum absolute atomic E-state index is 0.0834. The Kier molecular flexibility index (Phi) is 10.7. The molecule has 2 heterocycles. The smallest absolute Gasteiger partial charge is 0.326 e. The van der Waals surface area contributed by atoms with Crippen molar-refractivity contribution in [3.8, 4) is 0 Å². The highest BCUT2D eigenvalue weighted by molar-refractivity contribution is 7.80. The molecule has 4 atom stereocenters. The number of hydrogen-bond donors (Lipinski definition) is 9. The Morgan fingerprint density at radius 1 is 0.925 bits per heavy atom. The SMILES string of the molecule is NC(Cc1c[nH]c2ccccc12)C(=O)NC(CCC(=O)O)C(=O)NC(CS)C(=O)NC(Cc1cnc[nH]1)C(=O)O. The number of carbonyl (C=O) groups excluding carboxylic acids is 3. The first-order valence-corrected chi connectivity index (χ1v) is 13.0. The lowest BCUT2D eigenvalue weighted by molar-refractivity contribution is -0.142. The highest BCUT2D eigenvalue weighted by Gasteiger charge is 2.30. The summed E-state index contributed by atoms with van der Waals surface area (Å²) in [4.78, 5) is 71.2. The Morgan fingerprint density at radius 3 is 2.25 bits per heavy atom. The summed E-state index contributed by atoms with van der Waals surface area (Å²) in [6, 6.07) is 2.49. The maximum Gasteiger partial charge on any atom is 0.326 e. The van der Waals surface area contributed by atoms with Crippen LogP contribution in [0.3, 0.4) is 0 Å². The minimum atomic E-state index is -1.33. The molecule has 0 saturated heterocycles. The molecule has 3 aromatic rings. The van der Waals surface area contributed by atoms with E-state index in [0.29, 0.717) is 5.69 Å². The van der Waals surface area contributed by atoms with Crippen molar-refractivity contribution >= 4 is 53.2 Å². The topological polar surface area (TPSA) is 232 Å². The number of imidazole rings is 1. The average molecular weight is 574 g/mol. The third-order valence-electron chi connectivity index (χ3n) is 6.14. The number of aliphatic carboxylic acids is 2. The number of thiol groups is 1. The van der Waals surface area contributed by atoms with Gasteiger partial charge in [-0.15, -0.1) is 0 Å². The monoisotopic (exact) mass is 573 g/mol. The van der Waals surface area contributed by atoms with Crippen LogP contribution in [0.15, 0.2) is 43.0 Å². The molecule has 0 bridgehead atoms. The number of nitrogens with two attached hydrogens (primary N) is 1. The van der Waals surface area contributed by atoms with Crippen molar-refractivity contribution in [2.45, 2.75) is 49.9 Å². The van der Waals surface area contributed by atoms with E-state index in [2.05, 4.69) is 43.5 Å². The van der Waals surface area contributed by atoms with Crippen molar-refractivity contribution in [3.63, 3.8) is 0 Å². The number of benzene rings is 1. The predicted molar refractivity (Wildman–Crippen MR) is 146 cm³/mol. The van der Waals surface area contributed by atoms with Crippen LogP contribution in [0.4, 0.5) is 0 Å². The van der Waals surface area contributed by atoms with Crippen LogP contribution in [-0.2, 0) is 36.8 Å². The number of carboxylic acid groups (broad SMARTS) is 2. The standard InChI is InChI=1S/C25H31N7O7S/c26-16(7-13-9-28-17-4-2-1-3-15(13)17)22(35)30-18(5-6-21(33)34)23(36)32-20(11-40)24(37)31-19(25(38)39)8-14-10-27-12-29-14/h1-4,9-10,12,16,18-20,28,40H,5-8,11,26H2,(H,27,29)(H,30,35)(H,31,37)(H,32,36)(H,33,34)(H,38,39). The molecule has 3 rings (SSSR count). The van der Waals surface area contributed by atoms with Crippen molar-refractivity contribution in [3.05, 3.63) is 54.2 Å². The Morgan fingerprint density at radius 2 is 1.60 bits per heavy atom. The zero-order valence-corrected chi connectivity index (χ0v) is 22.2. The summed E-state index contributed by atoms with van der Waals surface area (Å²) in [6.07, 6.45) is 3.87. The van der Waals surface area contributed by atoms with Gasteiger partial charge in [-0.05, 0) is 24.5 Å². The molecule has 0 spiro atoms. The van der Waals surface area contributed by atoms with Gasteiger partial charge < -0.3 is 41.9 Å². The number of carboxylic acids is 2. The Bertz CT molecular complexity index is 1340. The number of nitrogens with one attached hydrogen (secondary N) is 5. The number of amides is 3. The van der Waals surface area contributed by atoms with Gasteiger partial charge in [0.25, 0.3) is 0 Å². The summed E-state index contributed by atoms with van der Waals surface area (Å²) in [5.41, 5.74) is 8.24. The fraction of sp³-hybridized carbons (Fsp3) is 0.360. The molecule has 15 heteroatoms. The Hall–Kier alpha value is -4.37. The number of aromatic nitrogens is 3. The minimum Gasteiger partial charge on any atom is -0.481 e. The molecular formula is C25H31N7O7S. The van der Waals surface area contributed by atoms with E-state index in [1.165, 1.54) is 12.5 Å². The van der Waals surface area contributed by atoms with E-state index < -0.39 is 60.2 Å². The quantitative estimate of drug-likeness (QED) is 0.105. The second-order valence-corrected chi connectivity index (χ2v) is 9.45. The third kappa shape index (κ3) is 8.31. The van der Waals surface area contributed by atoms with Crippen LogP contribution in [0.1, 0.15) is 24.1 Å². The van der Waals surface area contributed by atoms with Crippen LogP contribution in [0.25, 0.3) is 10.9 Å². The van der Waals surface area contributed by atoms with Crippen LogP contribution < -0.4 is 21.7 Å². The molecule has 3 amide bonds. The van der Waals surface area contributed by atoms with Gasteiger partial charge in [-0.3, -0.25) is 19.2 Å². The van der Waals surface area contributed by atoms with Gasteiger partial charge in [0.2, 0.25) is 17.7 Å². The lowest BCUT2D eigenvalue weighted by Gasteiger charge is -2.24. The zero-order valence-electron chi connectivity index (χ0n) is 21.3. The van der Waals surface area contributed by atoms with Gasteiger partial charge in [0.05, 0.1) is 12.4 Å². The van der Waals surface area contributed by atoms with Crippen molar-refractivity contribution in [2.75, 3.05) is 5.75 Å². The van der Waals surface area contributed by atoms with Crippen LogP contribution in [0.2, 0.25) is 0 Å². The molecule has 0 fully saturated rings. The molecule has 0 radical (unpaired) electrons. The van der Waals surface area contributed by atoms with E-state index >= 15 is 0 Å². The molecule has 214 valence electrons. The fourth-order valence-corrected chi connectivity index (χ4v) is 4.26. The summed E-state index contributed by atoms with van der Waals surface area (Å²) in [5.74, 6) is -5.05.